The number of anilines is 1. The van der Waals surface area contributed by atoms with Crippen molar-refractivity contribution in [3.8, 4) is 5.75 Å². The van der Waals surface area contributed by atoms with E-state index in [-0.39, 0.29) is 17.9 Å². The van der Waals surface area contributed by atoms with Gasteiger partial charge in [-0.3, -0.25) is 14.7 Å². The lowest BCUT2D eigenvalue weighted by molar-refractivity contribution is -0.132. The van der Waals surface area contributed by atoms with Crippen molar-refractivity contribution in [1.82, 2.24) is 20.0 Å². The summed E-state index contributed by atoms with van der Waals surface area (Å²) in [5.41, 5.74) is 3.65. The first-order chi connectivity index (χ1) is 13.4. The number of ether oxygens (including phenoxy) is 1. The van der Waals surface area contributed by atoms with Crippen LogP contribution < -0.4 is 9.64 Å². The number of likely N-dealkylation sites (N-methyl/N-ethyl adjacent to an activating group) is 1. The van der Waals surface area contributed by atoms with Crippen LogP contribution in [0.15, 0.2) is 24.4 Å². The van der Waals surface area contributed by atoms with E-state index in [4.69, 9.17) is 4.74 Å². The third-order valence-electron chi connectivity index (χ3n) is 5.53. The fraction of sp³-hybridized carbons (Fsp3) is 0.450. The van der Waals surface area contributed by atoms with Gasteiger partial charge in [0.2, 0.25) is 5.91 Å². The van der Waals surface area contributed by atoms with Gasteiger partial charge in [0.25, 0.3) is 5.91 Å². The number of nitrogens with one attached hydrogen (secondary N) is 1. The molecule has 2 aliphatic rings. The van der Waals surface area contributed by atoms with Crippen molar-refractivity contribution in [3.05, 3.63) is 41.2 Å². The minimum absolute atomic E-state index is 0.0568. The lowest BCUT2D eigenvalue weighted by atomic mass is 10.0. The van der Waals surface area contributed by atoms with E-state index in [1.54, 1.807) is 31.3 Å². The average molecular weight is 383 g/mol. The van der Waals surface area contributed by atoms with Gasteiger partial charge in [0.1, 0.15) is 12.4 Å². The van der Waals surface area contributed by atoms with Crippen LogP contribution in [-0.2, 0) is 17.8 Å². The van der Waals surface area contributed by atoms with Crippen LogP contribution in [0.3, 0.4) is 0 Å². The van der Waals surface area contributed by atoms with E-state index in [0.717, 1.165) is 29.1 Å². The van der Waals surface area contributed by atoms with Gasteiger partial charge in [-0.25, -0.2) is 0 Å². The molecule has 2 aliphatic heterocycles. The Morgan fingerprint density at radius 3 is 2.96 bits per heavy atom. The Bertz CT molecular complexity index is 907. The van der Waals surface area contributed by atoms with Gasteiger partial charge in [0.05, 0.1) is 24.3 Å². The highest BCUT2D eigenvalue weighted by molar-refractivity contribution is 5.95. The zero-order valence-electron chi connectivity index (χ0n) is 16.4. The maximum Gasteiger partial charge on any atom is 0.253 e. The summed E-state index contributed by atoms with van der Waals surface area (Å²) in [6.07, 6.45) is 2.97. The Morgan fingerprint density at radius 2 is 2.18 bits per heavy atom. The molecular weight excluding hydrogens is 358 g/mol. The molecule has 1 N–H and O–H groups in total. The monoisotopic (exact) mass is 383 g/mol. The van der Waals surface area contributed by atoms with Crippen LogP contribution in [0.5, 0.6) is 5.75 Å². The number of benzene rings is 1. The zero-order chi connectivity index (χ0) is 19.8. The number of carbonyl (C=O) groups excluding carboxylic acids is 2. The Morgan fingerprint density at radius 1 is 1.36 bits per heavy atom. The van der Waals surface area contributed by atoms with Gasteiger partial charge in [0, 0.05) is 57.5 Å². The fourth-order valence-corrected chi connectivity index (χ4v) is 3.76. The molecular formula is C20H25N5O3. The van der Waals surface area contributed by atoms with Gasteiger partial charge in [-0.05, 0) is 18.2 Å². The molecule has 0 bridgehead atoms. The van der Waals surface area contributed by atoms with Crippen molar-refractivity contribution in [2.45, 2.75) is 25.4 Å². The number of hydrogen-bond donors (Lipinski definition) is 1. The number of hydrogen-bond acceptors (Lipinski definition) is 5. The first-order valence-electron chi connectivity index (χ1n) is 9.44. The summed E-state index contributed by atoms with van der Waals surface area (Å²) in [5, 5.41) is 7.05. The van der Waals surface area contributed by atoms with Crippen LogP contribution in [0.25, 0.3) is 0 Å². The van der Waals surface area contributed by atoms with E-state index in [9.17, 15) is 9.59 Å². The van der Waals surface area contributed by atoms with Gasteiger partial charge in [-0.1, -0.05) is 0 Å². The number of nitrogens with zero attached hydrogens (tertiary/aromatic N) is 4. The van der Waals surface area contributed by atoms with Crippen LogP contribution in [0.2, 0.25) is 0 Å². The average Bonchev–Trinajstić information content (AvgIpc) is 3.17. The highest BCUT2D eigenvalue weighted by Gasteiger charge is 2.30. The number of fused-ring (bicyclic) bond motifs is 2. The van der Waals surface area contributed by atoms with Gasteiger partial charge < -0.3 is 19.4 Å². The van der Waals surface area contributed by atoms with Crippen molar-refractivity contribution >= 4 is 17.5 Å². The van der Waals surface area contributed by atoms with Crippen molar-refractivity contribution in [2.24, 2.45) is 0 Å². The lowest BCUT2D eigenvalue weighted by Crippen LogP contribution is -2.45. The van der Waals surface area contributed by atoms with Gasteiger partial charge in [-0.2, -0.15) is 5.10 Å². The smallest absolute Gasteiger partial charge is 0.253 e. The number of H-pyrrole nitrogens is 1. The number of amides is 2. The molecule has 0 saturated heterocycles. The van der Waals surface area contributed by atoms with Gasteiger partial charge in [-0.15, -0.1) is 0 Å². The minimum Gasteiger partial charge on any atom is -0.489 e. The van der Waals surface area contributed by atoms with Crippen molar-refractivity contribution in [2.75, 3.05) is 39.2 Å². The Balaban J connectivity index is 1.47. The molecule has 2 amide bonds. The summed E-state index contributed by atoms with van der Waals surface area (Å²) in [7, 11) is 5.41. The summed E-state index contributed by atoms with van der Waals surface area (Å²) >= 11 is 0. The molecule has 1 atom stereocenters. The maximum absolute atomic E-state index is 12.9. The van der Waals surface area contributed by atoms with Crippen LogP contribution in [0, 0.1) is 0 Å². The quantitative estimate of drug-likeness (QED) is 0.864. The summed E-state index contributed by atoms with van der Waals surface area (Å²) in [6, 6.07) is 5.37. The molecule has 1 aromatic heterocycles. The molecule has 4 rings (SSSR count). The molecule has 0 aliphatic carbocycles. The van der Waals surface area contributed by atoms with E-state index in [2.05, 4.69) is 15.1 Å². The van der Waals surface area contributed by atoms with Gasteiger partial charge in [0.15, 0.2) is 0 Å². The fourth-order valence-electron chi connectivity index (χ4n) is 3.76. The molecule has 0 fully saturated rings. The summed E-state index contributed by atoms with van der Waals surface area (Å²) in [6.45, 7) is 1.74. The van der Waals surface area contributed by atoms with Crippen molar-refractivity contribution in [3.63, 3.8) is 0 Å². The predicted octanol–water partition coefficient (Wildman–Crippen LogP) is 1.28. The summed E-state index contributed by atoms with van der Waals surface area (Å²) < 4.78 is 5.88. The molecule has 1 aromatic carbocycles. The third-order valence-corrected chi connectivity index (χ3v) is 5.53. The number of carbonyl (C=O) groups is 2. The normalized spacial score (nSPS) is 18.2. The predicted molar refractivity (Wildman–Crippen MR) is 104 cm³/mol. The topological polar surface area (TPSA) is 81.8 Å². The van der Waals surface area contributed by atoms with Crippen LogP contribution in [-0.4, -0.2) is 72.1 Å². The van der Waals surface area contributed by atoms with Crippen molar-refractivity contribution < 1.29 is 14.3 Å². The Hall–Kier alpha value is -3.03. The highest BCUT2D eigenvalue weighted by Crippen LogP contribution is 2.35. The second kappa shape index (κ2) is 7.18. The van der Waals surface area contributed by atoms with Crippen molar-refractivity contribution in [1.29, 1.82) is 0 Å². The Labute approximate surface area is 164 Å². The van der Waals surface area contributed by atoms with Crippen LogP contribution in [0.1, 0.15) is 28.0 Å². The second-order valence-corrected chi connectivity index (χ2v) is 7.60. The molecule has 0 saturated carbocycles. The first-order valence-corrected chi connectivity index (χ1v) is 9.44. The molecule has 2 aromatic rings. The Kier molecular flexibility index (Phi) is 4.70. The van der Waals surface area contributed by atoms with Gasteiger partial charge >= 0.3 is 0 Å². The lowest BCUT2D eigenvalue weighted by Gasteiger charge is -2.37. The first kappa shape index (κ1) is 18.3. The standard InChI is InChI=1S/C20H25N5O3/c1-23(2)20(27)13-4-5-18-17(8-13)24(3)15(12-28-18)9-19(26)25-7-6-16-14(11-25)10-21-22-16/h4-5,8,10,15H,6-7,9,11-12H2,1-3H3,(H,21,22)/t15-/m0/s1. The molecule has 28 heavy (non-hydrogen) atoms. The number of rotatable bonds is 3. The SMILES string of the molecule is CN(C)C(=O)c1ccc2c(c1)N(C)[C@@H](CC(=O)N1CCc3[nH]ncc3C1)CO2. The summed E-state index contributed by atoms with van der Waals surface area (Å²) in [5.74, 6) is 0.789. The van der Waals surface area contributed by atoms with E-state index in [1.165, 1.54) is 0 Å². The summed E-state index contributed by atoms with van der Waals surface area (Å²) in [4.78, 5) is 30.6. The molecule has 8 heteroatoms. The second-order valence-electron chi connectivity index (χ2n) is 7.60. The molecule has 3 heterocycles. The molecule has 0 radical (unpaired) electrons. The minimum atomic E-state index is -0.0737. The number of aromatic nitrogens is 2. The van der Waals surface area contributed by atoms with E-state index in [0.29, 0.717) is 31.7 Å². The van der Waals surface area contributed by atoms with E-state index < -0.39 is 0 Å². The molecule has 148 valence electrons. The van der Waals surface area contributed by atoms with Crippen LogP contribution >= 0.6 is 0 Å². The zero-order valence-corrected chi connectivity index (χ0v) is 16.4. The third kappa shape index (κ3) is 3.30. The molecule has 8 nitrogen and oxygen atoms in total. The number of aromatic amines is 1. The highest BCUT2D eigenvalue weighted by atomic mass is 16.5. The van der Waals surface area contributed by atoms with Crippen LogP contribution in [0.4, 0.5) is 5.69 Å². The molecule has 0 spiro atoms. The van der Waals surface area contributed by atoms with E-state index >= 15 is 0 Å². The molecule has 0 unspecified atom stereocenters. The van der Waals surface area contributed by atoms with E-state index in [1.807, 2.05) is 24.1 Å². The maximum atomic E-state index is 12.9. The largest absolute Gasteiger partial charge is 0.489 e.